The smallest absolute Gasteiger partial charge is 0.308 e. The van der Waals surface area contributed by atoms with Crippen molar-refractivity contribution in [3.8, 4) is 0 Å². The Balaban J connectivity index is 1.74. The molecule has 1 aliphatic heterocycles. The Morgan fingerprint density at radius 2 is 2.11 bits per heavy atom. The van der Waals surface area contributed by atoms with Gasteiger partial charge in [0.2, 0.25) is 0 Å². The predicted molar refractivity (Wildman–Crippen MR) is 67.1 cm³/mol. The van der Waals surface area contributed by atoms with Crippen molar-refractivity contribution < 1.29 is 19.0 Å². The summed E-state index contributed by atoms with van der Waals surface area (Å²) in [5.41, 5.74) is 0. The summed E-state index contributed by atoms with van der Waals surface area (Å²) < 4.78 is 17.0. The van der Waals surface area contributed by atoms with E-state index in [9.17, 15) is 4.79 Å². The lowest BCUT2D eigenvalue weighted by Gasteiger charge is -2.31. The third-order valence-electron chi connectivity index (χ3n) is 3.96. The molecule has 2 aliphatic rings. The largest absolute Gasteiger partial charge is 0.463 e. The molecule has 1 saturated carbocycles. The molecular weight excluding hydrogens is 232 g/mol. The maximum atomic E-state index is 11.6. The highest BCUT2D eigenvalue weighted by Gasteiger charge is 2.42. The summed E-state index contributed by atoms with van der Waals surface area (Å²) in [6, 6.07) is 0. The number of carbonyl (C=O) groups excluding carboxylic acids is 1. The summed E-state index contributed by atoms with van der Waals surface area (Å²) >= 11 is 0. The Morgan fingerprint density at radius 1 is 1.39 bits per heavy atom. The Labute approximate surface area is 109 Å². The van der Waals surface area contributed by atoms with Crippen LogP contribution >= 0.6 is 0 Å². The van der Waals surface area contributed by atoms with Crippen LogP contribution in [0.25, 0.3) is 0 Å². The first-order valence-corrected chi connectivity index (χ1v) is 7.13. The van der Waals surface area contributed by atoms with Crippen molar-refractivity contribution in [2.24, 2.45) is 5.92 Å². The highest BCUT2D eigenvalue weighted by atomic mass is 16.8. The molecule has 4 nitrogen and oxygen atoms in total. The maximum absolute atomic E-state index is 11.6. The first kappa shape index (κ1) is 13.8. The van der Waals surface area contributed by atoms with Gasteiger partial charge in [0.1, 0.15) is 12.7 Å². The molecule has 0 aromatic carbocycles. The second-order valence-corrected chi connectivity index (χ2v) is 5.46. The number of carbonyl (C=O) groups is 1. The molecule has 2 fully saturated rings. The molecule has 0 aromatic heterocycles. The zero-order valence-corrected chi connectivity index (χ0v) is 11.4. The molecule has 0 bridgehead atoms. The van der Waals surface area contributed by atoms with Crippen molar-refractivity contribution in [1.82, 2.24) is 0 Å². The molecular formula is C14H24O4. The van der Waals surface area contributed by atoms with Gasteiger partial charge in [-0.1, -0.05) is 20.3 Å². The second-order valence-electron chi connectivity index (χ2n) is 5.46. The summed E-state index contributed by atoms with van der Waals surface area (Å²) in [7, 11) is 0. The summed E-state index contributed by atoms with van der Waals surface area (Å²) in [6.45, 7) is 4.74. The Hall–Kier alpha value is -0.610. The van der Waals surface area contributed by atoms with E-state index in [0.717, 1.165) is 19.3 Å². The van der Waals surface area contributed by atoms with E-state index in [1.165, 1.54) is 19.3 Å². The lowest BCUT2D eigenvalue weighted by molar-refractivity contribution is -0.193. The van der Waals surface area contributed by atoms with Crippen LogP contribution < -0.4 is 0 Å². The van der Waals surface area contributed by atoms with Gasteiger partial charge in [-0.25, -0.2) is 0 Å². The molecule has 2 rings (SSSR count). The van der Waals surface area contributed by atoms with Gasteiger partial charge in [-0.15, -0.1) is 0 Å². The van der Waals surface area contributed by atoms with Crippen molar-refractivity contribution in [1.29, 1.82) is 0 Å². The van der Waals surface area contributed by atoms with Gasteiger partial charge in [-0.2, -0.15) is 0 Å². The van der Waals surface area contributed by atoms with Crippen molar-refractivity contribution in [2.75, 3.05) is 13.2 Å². The van der Waals surface area contributed by atoms with Crippen LogP contribution in [-0.2, 0) is 19.0 Å². The average Bonchev–Trinajstić information content (AvgIpc) is 2.79. The van der Waals surface area contributed by atoms with Crippen LogP contribution in [0.5, 0.6) is 0 Å². The van der Waals surface area contributed by atoms with Gasteiger partial charge in [-0.3, -0.25) is 4.79 Å². The van der Waals surface area contributed by atoms with Crippen LogP contribution in [0.4, 0.5) is 0 Å². The zero-order valence-electron chi connectivity index (χ0n) is 11.4. The molecule has 1 saturated heterocycles. The van der Waals surface area contributed by atoms with E-state index < -0.39 is 0 Å². The van der Waals surface area contributed by atoms with Gasteiger partial charge >= 0.3 is 5.97 Å². The third kappa shape index (κ3) is 3.23. The molecule has 104 valence electrons. The third-order valence-corrected chi connectivity index (χ3v) is 3.96. The molecule has 2 unspecified atom stereocenters. The minimum atomic E-state index is -0.369. The zero-order chi connectivity index (χ0) is 13.0. The normalized spacial score (nSPS) is 28.2. The van der Waals surface area contributed by atoms with Crippen LogP contribution in [0.2, 0.25) is 0 Å². The summed E-state index contributed by atoms with van der Waals surface area (Å²) in [4.78, 5) is 11.6. The number of hydrogen-bond acceptors (Lipinski definition) is 4. The van der Waals surface area contributed by atoms with Gasteiger partial charge in [0.05, 0.1) is 12.5 Å². The fourth-order valence-electron chi connectivity index (χ4n) is 2.54. The molecule has 0 radical (unpaired) electrons. The van der Waals surface area contributed by atoms with Crippen LogP contribution in [-0.4, -0.2) is 31.1 Å². The molecule has 0 N–H and O–H groups in total. The van der Waals surface area contributed by atoms with E-state index in [-0.39, 0.29) is 23.8 Å². The van der Waals surface area contributed by atoms with E-state index in [1.54, 1.807) is 0 Å². The van der Waals surface area contributed by atoms with E-state index in [2.05, 4.69) is 0 Å². The van der Waals surface area contributed by atoms with E-state index >= 15 is 0 Å². The number of rotatable bonds is 4. The highest BCUT2D eigenvalue weighted by molar-refractivity contribution is 5.71. The lowest BCUT2D eigenvalue weighted by atomic mass is 9.94. The SMILES string of the molecule is CCC(C)C(=O)OCC1COC2(CCCCC2)O1. The van der Waals surface area contributed by atoms with Crippen molar-refractivity contribution in [3.05, 3.63) is 0 Å². The molecule has 1 heterocycles. The Kier molecular flexibility index (Phi) is 4.62. The van der Waals surface area contributed by atoms with Crippen LogP contribution in [0.3, 0.4) is 0 Å². The topological polar surface area (TPSA) is 44.8 Å². The van der Waals surface area contributed by atoms with Gasteiger partial charge in [0.15, 0.2) is 5.79 Å². The van der Waals surface area contributed by atoms with E-state index in [1.807, 2.05) is 13.8 Å². The fraction of sp³-hybridized carbons (Fsp3) is 0.929. The minimum Gasteiger partial charge on any atom is -0.463 e. The highest BCUT2D eigenvalue weighted by Crippen LogP contribution is 2.37. The average molecular weight is 256 g/mol. The van der Waals surface area contributed by atoms with Crippen LogP contribution in [0.15, 0.2) is 0 Å². The standard InChI is InChI=1S/C14H24O4/c1-3-11(2)13(15)16-9-12-10-17-14(18-12)7-5-4-6-8-14/h11-12H,3-10H2,1-2H3. The quantitative estimate of drug-likeness (QED) is 0.725. The van der Waals surface area contributed by atoms with Gasteiger partial charge in [0, 0.05) is 12.8 Å². The molecule has 1 aliphatic carbocycles. The van der Waals surface area contributed by atoms with Crippen molar-refractivity contribution in [3.63, 3.8) is 0 Å². The minimum absolute atomic E-state index is 0.0315. The van der Waals surface area contributed by atoms with Gasteiger partial charge in [-0.05, 0) is 19.3 Å². The van der Waals surface area contributed by atoms with Crippen molar-refractivity contribution >= 4 is 5.97 Å². The number of ether oxygens (including phenoxy) is 3. The number of hydrogen-bond donors (Lipinski definition) is 0. The molecule has 0 amide bonds. The van der Waals surface area contributed by atoms with Crippen LogP contribution in [0.1, 0.15) is 52.4 Å². The molecule has 2 atom stereocenters. The molecule has 0 aromatic rings. The van der Waals surface area contributed by atoms with Gasteiger partial charge in [0.25, 0.3) is 0 Å². The van der Waals surface area contributed by atoms with E-state index in [4.69, 9.17) is 14.2 Å². The maximum Gasteiger partial charge on any atom is 0.308 e. The number of esters is 1. The summed E-state index contributed by atoms with van der Waals surface area (Å²) in [5, 5.41) is 0. The van der Waals surface area contributed by atoms with Crippen LogP contribution in [0, 0.1) is 5.92 Å². The molecule has 1 spiro atoms. The van der Waals surface area contributed by atoms with E-state index in [0.29, 0.717) is 13.2 Å². The summed E-state index contributed by atoms with van der Waals surface area (Å²) in [6.07, 6.45) is 6.27. The second kappa shape index (κ2) is 6.02. The summed E-state index contributed by atoms with van der Waals surface area (Å²) in [5.74, 6) is -0.534. The monoisotopic (exact) mass is 256 g/mol. The predicted octanol–water partition coefficient (Wildman–Crippen LogP) is 2.65. The Morgan fingerprint density at radius 3 is 2.78 bits per heavy atom. The first-order valence-electron chi connectivity index (χ1n) is 7.13. The lowest BCUT2D eigenvalue weighted by Crippen LogP contribution is -2.34. The fourth-order valence-corrected chi connectivity index (χ4v) is 2.54. The first-order chi connectivity index (χ1) is 8.65. The molecule has 18 heavy (non-hydrogen) atoms. The molecule has 4 heteroatoms. The van der Waals surface area contributed by atoms with Crippen molar-refractivity contribution in [2.45, 2.75) is 64.3 Å². The van der Waals surface area contributed by atoms with Gasteiger partial charge < -0.3 is 14.2 Å². The Bertz CT molecular complexity index is 284.